The molecule has 3 aromatic rings. The molecule has 3 rings (SSSR count). The summed E-state index contributed by atoms with van der Waals surface area (Å²) in [7, 11) is 1.70. The van der Waals surface area contributed by atoms with Gasteiger partial charge in [-0.05, 0) is 65.0 Å². The van der Waals surface area contributed by atoms with Gasteiger partial charge in [-0.2, -0.15) is 0 Å². The molecule has 0 aromatic heterocycles. The summed E-state index contributed by atoms with van der Waals surface area (Å²) in [6, 6.07) is 24.9. The minimum absolute atomic E-state index is 0.0268. The summed E-state index contributed by atoms with van der Waals surface area (Å²) in [5, 5.41) is 0. The molecule has 0 unspecified atom stereocenters. The molecule has 0 fully saturated rings. The van der Waals surface area contributed by atoms with Crippen LogP contribution >= 0.6 is 0 Å². The Morgan fingerprint density at radius 3 is 1.77 bits per heavy atom. The van der Waals surface area contributed by atoms with E-state index in [-0.39, 0.29) is 17.6 Å². The van der Waals surface area contributed by atoms with Crippen LogP contribution in [0.25, 0.3) is 0 Å². The summed E-state index contributed by atoms with van der Waals surface area (Å²) in [6.45, 7) is 11.0. The van der Waals surface area contributed by atoms with Gasteiger partial charge in [0.2, 0.25) is 0 Å². The number of rotatable bonds is 9. The second kappa shape index (κ2) is 13.6. The Bertz CT molecular complexity index is 1040. The van der Waals surface area contributed by atoms with Crippen molar-refractivity contribution in [2.24, 2.45) is 0 Å². The van der Waals surface area contributed by atoms with E-state index in [1.54, 1.807) is 19.2 Å². The van der Waals surface area contributed by atoms with Gasteiger partial charge in [0.15, 0.2) is 5.78 Å². The van der Waals surface area contributed by atoms with Crippen molar-refractivity contribution in [3.8, 4) is 5.75 Å². The quantitative estimate of drug-likeness (QED) is 0.182. The number of ketones is 1. The molecular formula is C32H40O3. The van der Waals surface area contributed by atoms with Gasteiger partial charge in [-0.1, -0.05) is 95.3 Å². The van der Waals surface area contributed by atoms with Crippen molar-refractivity contribution in [3.05, 3.63) is 101 Å². The van der Waals surface area contributed by atoms with Crippen LogP contribution in [0.3, 0.4) is 0 Å². The van der Waals surface area contributed by atoms with Crippen LogP contribution in [-0.4, -0.2) is 19.2 Å². The highest BCUT2D eigenvalue weighted by Gasteiger charge is 2.12. The molecule has 0 saturated heterocycles. The van der Waals surface area contributed by atoms with E-state index >= 15 is 0 Å². The molecule has 0 radical (unpaired) electrons. The van der Waals surface area contributed by atoms with Crippen molar-refractivity contribution in [2.45, 2.75) is 71.6 Å². The third-order valence-corrected chi connectivity index (χ3v) is 6.08. The number of hydrogen-bond acceptors (Lipinski definition) is 3. The molecule has 35 heavy (non-hydrogen) atoms. The average molecular weight is 473 g/mol. The van der Waals surface area contributed by atoms with Gasteiger partial charge >= 0.3 is 0 Å². The van der Waals surface area contributed by atoms with Gasteiger partial charge in [-0.25, -0.2) is 0 Å². The maximum absolute atomic E-state index is 11.3. The molecule has 0 N–H and O–H groups in total. The lowest BCUT2D eigenvalue weighted by atomic mass is 9.86. The molecule has 3 heteroatoms. The zero-order valence-corrected chi connectivity index (χ0v) is 22.1. The maximum Gasteiger partial charge on any atom is 0.169 e. The fourth-order valence-electron chi connectivity index (χ4n) is 3.71. The van der Waals surface area contributed by atoms with Crippen molar-refractivity contribution in [2.75, 3.05) is 7.11 Å². The Hall–Kier alpha value is -3.20. The topological polar surface area (TPSA) is 43.4 Å². The van der Waals surface area contributed by atoms with E-state index in [2.05, 4.69) is 71.0 Å². The minimum Gasteiger partial charge on any atom is -0.497 e. The van der Waals surface area contributed by atoms with E-state index in [1.807, 2.05) is 24.3 Å². The van der Waals surface area contributed by atoms with E-state index in [4.69, 9.17) is 4.74 Å². The van der Waals surface area contributed by atoms with Crippen molar-refractivity contribution < 1.29 is 14.3 Å². The molecule has 0 aliphatic carbocycles. The Labute approximate surface area is 211 Å². The van der Waals surface area contributed by atoms with E-state index in [1.165, 1.54) is 28.7 Å². The molecule has 0 aliphatic heterocycles. The molecule has 0 aliphatic rings. The maximum atomic E-state index is 11.3. The van der Waals surface area contributed by atoms with Crippen LogP contribution in [-0.2, 0) is 23.1 Å². The first-order valence-corrected chi connectivity index (χ1v) is 12.4. The average Bonchev–Trinajstić information content (AvgIpc) is 2.85. The zero-order valence-electron chi connectivity index (χ0n) is 22.1. The number of Topliss-reactive ketones (excluding diaryl/α,β-unsaturated/α-hetero) is 1. The van der Waals surface area contributed by atoms with Gasteiger partial charge in [0.25, 0.3) is 0 Å². The fraction of sp³-hybridized carbons (Fsp3) is 0.375. The van der Waals surface area contributed by atoms with Gasteiger partial charge in [0.1, 0.15) is 12.0 Å². The number of aryl methyl sites for hydroxylation is 2. The normalized spacial score (nSPS) is 10.9. The predicted octanol–water partition coefficient (Wildman–Crippen LogP) is 7.75. The lowest BCUT2D eigenvalue weighted by Gasteiger charge is -2.19. The predicted molar refractivity (Wildman–Crippen MR) is 146 cm³/mol. The third kappa shape index (κ3) is 9.52. The molecule has 3 aromatic carbocycles. The smallest absolute Gasteiger partial charge is 0.169 e. The largest absolute Gasteiger partial charge is 0.497 e. The molecule has 0 atom stereocenters. The van der Waals surface area contributed by atoms with Gasteiger partial charge in [-0.15, -0.1) is 0 Å². The van der Waals surface area contributed by atoms with Crippen molar-refractivity contribution in [1.29, 1.82) is 0 Å². The summed E-state index contributed by atoms with van der Waals surface area (Å²) in [6.07, 6.45) is 4.04. The zero-order chi connectivity index (χ0) is 25.8. The Balaban J connectivity index is 0.000000269. The van der Waals surface area contributed by atoms with Crippen molar-refractivity contribution in [3.63, 3.8) is 0 Å². The molecule has 0 bridgehead atoms. The number of hydrogen-bond donors (Lipinski definition) is 0. The standard InChI is InChI=1S/C20H26O.C12H14O2/c1-20(2,3)18-12-8-16(9-13-18)6-5-7-17-10-14-19(21-4)15-11-17;1-9(2)10-3-5-11(6-4-10)12(14)7-8-13/h8-15H,5-7H2,1-4H3;3-6,8-9H,7H2,1-2H3. The van der Waals surface area contributed by atoms with Gasteiger partial charge in [0.05, 0.1) is 13.5 Å². The molecule has 186 valence electrons. The summed E-state index contributed by atoms with van der Waals surface area (Å²) in [5.41, 5.74) is 6.26. The highest BCUT2D eigenvalue weighted by Crippen LogP contribution is 2.23. The molecule has 0 heterocycles. The van der Waals surface area contributed by atoms with Crippen LogP contribution < -0.4 is 4.74 Å². The monoisotopic (exact) mass is 472 g/mol. The van der Waals surface area contributed by atoms with Crippen LogP contribution in [0.5, 0.6) is 5.75 Å². The van der Waals surface area contributed by atoms with Crippen LogP contribution in [0.2, 0.25) is 0 Å². The molecule has 0 spiro atoms. The molecule has 3 nitrogen and oxygen atoms in total. The van der Waals surface area contributed by atoms with Crippen molar-refractivity contribution in [1.82, 2.24) is 0 Å². The van der Waals surface area contributed by atoms with Gasteiger partial charge in [0, 0.05) is 5.56 Å². The Kier molecular flexibility index (Phi) is 10.9. The lowest BCUT2D eigenvalue weighted by Crippen LogP contribution is -2.10. The number of ether oxygens (including phenoxy) is 1. The van der Waals surface area contributed by atoms with E-state index in [9.17, 15) is 9.59 Å². The number of methoxy groups -OCH3 is 1. The number of benzene rings is 3. The SMILES string of the molecule is CC(C)c1ccc(C(=O)CC=O)cc1.COc1ccc(CCCc2ccc(C(C)(C)C)cc2)cc1. The highest BCUT2D eigenvalue weighted by molar-refractivity contribution is 6.02. The van der Waals surface area contributed by atoms with Crippen LogP contribution in [0.15, 0.2) is 72.8 Å². The summed E-state index contributed by atoms with van der Waals surface area (Å²) >= 11 is 0. The van der Waals surface area contributed by atoms with Gasteiger partial charge in [-0.3, -0.25) is 4.79 Å². The minimum atomic E-state index is -0.115. The highest BCUT2D eigenvalue weighted by atomic mass is 16.5. The first kappa shape index (κ1) is 28.0. The molecule has 0 amide bonds. The summed E-state index contributed by atoms with van der Waals surface area (Å²) < 4.78 is 5.18. The van der Waals surface area contributed by atoms with Crippen LogP contribution in [0.4, 0.5) is 0 Å². The Morgan fingerprint density at radius 2 is 1.34 bits per heavy atom. The first-order valence-electron chi connectivity index (χ1n) is 12.4. The van der Waals surface area contributed by atoms with Crippen LogP contribution in [0.1, 0.15) is 86.0 Å². The number of carbonyl (C=O) groups is 2. The number of aldehydes is 1. The second-order valence-corrected chi connectivity index (χ2v) is 10.2. The number of carbonyl (C=O) groups excluding carboxylic acids is 2. The van der Waals surface area contributed by atoms with E-state index < -0.39 is 0 Å². The molecular weight excluding hydrogens is 432 g/mol. The van der Waals surface area contributed by atoms with Crippen LogP contribution in [0, 0.1) is 0 Å². The third-order valence-electron chi connectivity index (χ3n) is 6.08. The van der Waals surface area contributed by atoms with E-state index in [0.717, 1.165) is 18.6 Å². The fourth-order valence-corrected chi connectivity index (χ4v) is 3.71. The van der Waals surface area contributed by atoms with E-state index in [0.29, 0.717) is 17.8 Å². The Morgan fingerprint density at radius 1 is 0.829 bits per heavy atom. The summed E-state index contributed by atoms with van der Waals surface area (Å²) in [5.74, 6) is 1.28. The summed E-state index contributed by atoms with van der Waals surface area (Å²) in [4.78, 5) is 21.4. The van der Waals surface area contributed by atoms with Crippen molar-refractivity contribution >= 4 is 12.1 Å². The molecule has 0 saturated carbocycles. The first-order chi connectivity index (χ1) is 16.6. The lowest BCUT2D eigenvalue weighted by molar-refractivity contribution is -0.107. The van der Waals surface area contributed by atoms with Gasteiger partial charge < -0.3 is 9.53 Å². The second-order valence-electron chi connectivity index (χ2n) is 10.2.